The van der Waals surface area contributed by atoms with Crippen molar-refractivity contribution in [1.82, 2.24) is 0 Å². The first-order valence-corrected chi connectivity index (χ1v) is 5.97. The molecule has 15 heavy (non-hydrogen) atoms. The molecule has 0 aliphatic heterocycles. The first-order valence-electron chi connectivity index (χ1n) is 5.97. The Morgan fingerprint density at radius 2 is 2.00 bits per heavy atom. The van der Waals surface area contributed by atoms with E-state index in [9.17, 15) is 0 Å². The molecule has 1 aromatic rings. The molecule has 0 heterocycles. The average Bonchev–Trinajstić information content (AvgIpc) is 2.19. The predicted octanol–water partition coefficient (Wildman–Crippen LogP) is 4.29. The summed E-state index contributed by atoms with van der Waals surface area (Å²) in [5.41, 5.74) is 3.96. The van der Waals surface area contributed by atoms with Gasteiger partial charge in [-0.05, 0) is 38.8 Å². The summed E-state index contributed by atoms with van der Waals surface area (Å²) >= 11 is 0. The van der Waals surface area contributed by atoms with Gasteiger partial charge in [0.05, 0.1) is 0 Å². The molecule has 1 heteroatoms. The Labute approximate surface area is 93.9 Å². The molecule has 1 rings (SSSR count). The summed E-state index contributed by atoms with van der Waals surface area (Å²) in [6, 6.07) is 7.16. The van der Waals surface area contributed by atoms with E-state index in [2.05, 4.69) is 51.2 Å². The largest absolute Gasteiger partial charge is 0.382 e. The first-order chi connectivity index (χ1) is 7.13. The highest BCUT2D eigenvalue weighted by Gasteiger charge is 2.03. The Kier molecular flexibility index (Phi) is 4.67. The second-order valence-corrected chi connectivity index (χ2v) is 4.51. The summed E-state index contributed by atoms with van der Waals surface area (Å²) in [6.45, 7) is 8.80. The monoisotopic (exact) mass is 205 g/mol. The summed E-state index contributed by atoms with van der Waals surface area (Å²) in [5, 5.41) is 3.57. The highest BCUT2D eigenvalue weighted by Crippen LogP contribution is 2.18. The molecule has 0 aliphatic rings. The number of hydrogen-bond donors (Lipinski definition) is 1. The molecular formula is C14H23N. The van der Waals surface area contributed by atoms with E-state index >= 15 is 0 Å². The lowest BCUT2D eigenvalue weighted by atomic mass is 10.1. The highest BCUT2D eigenvalue weighted by atomic mass is 14.9. The van der Waals surface area contributed by atoms with Crippen molar-refractivity contribution in [2.75, 3.05) is 5.32 Å². The van der Waals surface area contributed by atoms with E-state index in [1.54, 1.807) is 0 Å². The summed E-state index contributed by atoms with van der Waals surface area (Å²) < 4.78 is 0. The van der Waals surface area contributed by atoms with Crippen LogP contribution in [0, 0.1) is 13.8 Å². The van der Waals surface area contributed by atoms with E-state index in [-0.39, 0.29) is 0 Å². The van der Waals surface area contributed by atoms with Crippen molar-refractivity contribution in [1.29, 1.82) is 0 Å². The second-order valence-electron chi connectivity index (χ2n) is 4.51. The minimum atomic E-state index is 0.575. The molecule has 0 amide bonds. The highest BCUT2D eigenvalue weighted by molar-refractivity contribution is 5.52. The van der Waals surface area contributed by atoms with Crippen LogP contribution in [-0.2, 0) is 0 Å². The lowest BCUT2D eigenvalue weighted by Gasteiger charge is -2.17. The topological polar surface area (TPSA) is 12.0 Å². The zero-order chi connectivity index (χ0) is 11.3. The van der Waals surface area contributed by atoms with Gasteiger partial charge in [-0.25, -0.2) is 0 Å². The van der Waals surface area contributed by atoms with Crippen LogP contribution in [0.3, 0.4) is 0 Å². The van der Waals surface area contributed by atoms with Crippen molar-refractivity contribution in [3.63, 3.8) is 0 Å². The normalized spacial score (nSPS) is 12.5. The van der Waals surface area contributed by atoms with E-state index in [1.165, 1.54) is 36.1 Å². The van der Waals surface area contributed by atoms with Gasteiger partial charge in [-0.1, -0.05) is 37.5 Å². The van der Waals surface area contributed by atoms with E-state index in [4.69, 9.17) is 0 Å². The lowest BCUT2D eigenvalue weighted by molar-refractivity contribution is 0.645. The van der Waals surface area contributed by atoms with Gasteiger partial charge >= 0.3 is 0 Å². The van der Waals surface area contributed by atoms with Crippen LogP contribution >= 0.6 is 0 Å². The molecule has 1 N–H and O–H groups in total. The van der Waals surface area contributed by atoms with Crippen LogP contribution in [0.2, 0.25) is 0 Å². The van der Waals surface area contributed by atoms with Crippen molar-refractivity contribution in [3.8, 4) is 0 Å². The summed E-state index contributed by atoms with van der Waals surface area (Å²) in [7, 11) is 0. The number of rotatable bonds is 5. The molecule has 0 bridgehead atoms. The van der Waals surface area contributed by atoms with Crippen LogP contribution in [-0.4, -0.2) is 6.04 Å². The standard InChI is InChI=1S/C14H23N/c1-5-6-7-13(4)15-14-9-8-11(2)10-12(14)3/h8-10,13,15H,5-7H2,1-4H3. The molecule has 1 atom stereocenters. The molecule has 0 radical (unpaired) electrons. The molecule has 1 aromatic carbocycles. The SMILES string of the molecule is CCCCC(C)Nc1ccc(C)cc1C. The summed E-state index contributed by atoms with van der Waals surface area (Å²) in [5.74, 6) is 0. The van der Waals surface area contributed by atoms with Crippen molar-refractivity contribution < 1.29 is 0 Å². The average molecular weight is 205 g/mol. The van der Waals surface area contributed by atoms with Crippen molar-refractivity contribution in [3.05, 3.63) is 29.3 Å². The van der Waals surface area contributed by atoms with Crippen LogP contribution in [0.1, 0.15) is 44.2 Å². The molecule has 1 nitrogen and oxygen atoms in total. The summed E-state index contributed by atoms with van der Waals surface area (Å²) in [6.07, 6.45) is 3.84. The van der Waals surface area contributed by atoms with Crippen LogP contribution in [0.5, 0.6) is 0 Å². The van der Waals surface area contributed by atoms with Gasteiger partial charge < -0.3 is 5.32 Å². The third-order valence-corrected chi connectivity index (χ3v) is 2.77. The fourth-order valence-corrected chi connectivity index (χ4v) is 1.82. The van der Waals surface area contributed by atoms with E-state index in [1.807, 2.05) is 0 Å². The third kappa shape index (κ3) is 3.94. The van der Waals surface area contributed by atoms with Crippen molar-refractivity contribution in [2.45, 2.75) is 53.0 Å². The predicted molar refractivity (Wildman–Crippen MR) is 68.5 cm³/mol. The quantitative estimate of drug-likeness (QED) is 0.756. The number of aryl methyl sites for hydroxylation is 2. The maximum absolute atomic E-state index is 3.57. The van der Waals surface area contributed by atoms with Crippen molar-refractivity contribution in [2.24, 2.45) is 0 Å². The van der Waals surface area contributed by atoms with E-state index < -0.39 is 0 Å². The Morgan fingerprint density at radius 1 is 1.27 bits per heavy atom. The van der Waals surface area contributed by atoms with Gasteiger partial charge in [0.25, 0.3) is 0 Å². The van der Waals surface area contributed by atoms with E-state index in [0.717, 1.165) is 0 Å². The molecule has 0 aliphatic carbocycles. The second kappa shape index (κ2) is 5.79. The minimum absolute atomic E-state index is 0.575. The minimum Gasteiger partial charge on any atom is -0.382 e. The first kappa shape index (κ1) is 12.1. The van der Waals surface area contributed by atoms with Gasteiger partial charge in [0.2, 0.25) is 0 Å². The Hall–Kier alpha value is -0.980. The fraction of sp³-hybridized carbons (Fsp3) is 0.571. The van der Waals surface area contributed by atoms with Crippen LogP contribution in [0.4, 0.5) is 5.69 Å². The van der Waals surface area contributed by atoms with Gasteiger partial charge in [0.1, 0.15) is 0 Å². The zero-order valence-corrected chi connectivity index (χ0v) is 10.4. The molecule has 0 saturated carbocycles. The van der Waals surface area contributed by atoms with Gasteiger partial charge in [-0.2, -0.15) is 0 Å². The maximum atomic E-state index is 3.57. The number of unbranched alkanes of at least 4 members (excludes halogenated alkanes) is 1. The van der Waals surface area contributed by atoms with E-state index in [0.29, 0.717) is 6.04 Å². The van der Waals surface area contributed by atoms with Gasteiger partial charge in [0, 0.05) is 11.7 Å². The molecule has 84 valence electrons. The number of nitrogens with one attached hydrogen (secondary N) is 1. The van der Waals surface area contributed by atoms with Gasteiger partial charge in [0.15, 0.2) is 0 Å². The number of benzene rings is 1. The molecule has 0 spiro atoms. The van der Waals surface area contributed by atoms with Gasteiger partial charge in [-0.15, -0.1) is 0 Å². The molecule has 0 saturated heterocycles. The Bertz CT molecular complexity index is 304. The number of hydrogen-bond acceptors (Lipinski definition) is 1. The zero-order valence-electron chi connectivity index (χ0n) is 10.4. The van der Waals surface area contributed by atoms with Crippen LogP contribution in [0.25, 0.3) is 0 Å². The number of anilines is 1. The molecule has 1 unspecified atom stereocenters. The third-order valence-electron chi connectivity index (χ3n) is 2.77. The molecule has 0 fully saturated rings. The van der Waals surface area contributed by atoms with Gasteiger partial charge in [-0.3, -0.25) is 0 Å². The fourth-order valence-electron chi connectivity index (χ4n) is 1.82. The maximum Gasteiger partial charge on any atom is 0.0372 e. The van der Waals surface area contributed by atoms with Crippen molar-refractivity contribution >= 4 is 5.69 Å². The smallest absolute Gasteiger partial charge is 0.0372 e. The molecule has 0 aromatic heterocycles. The lowest BCUT2D eigenvalue weighted by Crippen LogP contribution is -2.15. The summed E-state index contributed by atoms with van der Waals surface area (Å²) in [4.78, 5) is 0. The Balaban J connectivity index is 2.56. The Morgan fingerprint density at radius 3 is 2.60 bits per heavy atom. The van der Waals surface area contributed by atoms with Crippen LogP contribution < -0.4 is 5.32 Å². The van der Waals surface area contributed by atoms with Crippen LogP contribution in [0.15, 0.2) is 18.2 Å². The molecular weight excluding hydrogens is 182 g/mol.